The van der Waals surface area contributed by atoms with E-state index in [9.17, 15) is 14.2 Å². The molecule has 1 saturated heterocycles. The highest BCUT2D eigenvalue weighted by atomic mass is 31.2. The van der Waals surface area contributed by atoms with Crippen LogP contribution in [0.5, 0.6) is 0 Å². The number of carbonyl (C=O) groups excluding carboxylic acids is 2. The predicted octanol–water partition coefficient (Wildman–Crippen LogP) is 5.20. The van der Waals surface area contributed by atoms with Crippen molar-refractivity contribution in [2.24, 2.45) is 0 Å². The number of amides is 2. The Balaban J connectivity index is 1.77. The van der Waals surface area contributed by atoms with Gasteiger partial charge in [-0.3, -0.25) is 14.3 Å². The van der Waals surface area contributed by atoms with Gasteiger partial charge in [0.2, 0.25) is 5.91 Å². The van der Waals surface area contributed by atoms with E-state index < -0.39 is 31.4 Å². The maximum atomic E-state index is 13.8. The van der Waals surface area contributed by atoms with E-state index in [0.29, 0.717) is 24.9 Å². The number of carbonyl (C=O) groups is 2. The molecule has 0 aliphatic carbocycles. The second kappa shape index (κ2) is 13.0. The fourth-order valence-corrected chi connectivity index (χ4v) is 5.59. The molecule has 9 heteroatoms. The number of rotatable bonds is 12. The Hall–Kier alpha value is -3.19. The lowest BCUT2D eigenvalue weighted by Gasteiger charge is -2.30. The molecule has 0 aromatic heterocycles. The Labute approximate surface area is 206 Å². The lowest BCUT2D eigenvalue weighted by Crippen LogP contribution is -2.47. The van der Waals surface area contributed by atoms with E-state index in [0.717, 1.165) is 5.56 Å². The summed E-state index contributed by atoms with van der Waals surface area (Å²) in [6, 6.07) is 17.4. The van der Waals surface area contributed by atoms with Gasteiger partial charge in [0.25, 0.3) is 0 Å². The van der Waals surface area contributed by atoms with Crippen LogP contribution in [0.3, 0.4) is 0 Å². The molecule has 3 rings (SSSR count). The quantitative estimate of drug-likeness (QED) is 0.319. The number of hydrogen-bond donors (Lipinski definition) is 1. The summed E-state index contributed by atoms with van der Waals surface area (Å²) in [7, 11) is -3.88. The summed E-state index contributed by atoms with van der Waals surface area (Å²) < 4.78 is 30.4. The fourth-order valence-electron chi connectivity index (χ4n) is 3.77. The van der Waals surface area contributed by atoms with Crippen molar-refractivity contribution in [3.8, 4) is 0 Å². The molecule has 2 aromatic carbocycles. The zero-order chi connectivity index (χ0) is 25.1. The molecule has 2 aromatic rings. The Morgan fingerprint density at radius 1 is 1.03 bits per heavy atom. The van der Waals surface area contributed by atoms with Crippen LogP contribution in [-0.4, -0.2) is 42.7 Å². The third-order valence-electron chi connectivity index (χ3n) is 5.45. The Morgan fingerprint density at radius 2 is 1.63 bits per heavy atom. The Kier molecular flexibility index (Phi) is 9.85. The van der Waals surface area contributed by atoms with Crippen LogP contribution >= 0.6 is 7.60 Å². The number of ether oxygens (including phenoxy) is 1. The first-order valence-corrected chi connectivity index (χ1v) is 13.0. The molecular weight excluding hydrogens is 467 g/mol. The maximum absolute atomic E-state index is 13.8. The minimum Gasteiger partial charge on any atom is -0.445 e. The molecule has 1 aliphatic heterocycles. The number of nitrogens with zero attached hydrogens (tertiary/aromatic N) is 1. The molecule has 0 radical (unpaired) electrons. The van der Waals surface area contributed by atoms with Crippen LogP contribution in [0.1, 0.15) is 29.8 Å². The third-order valence-corrected chi connectivity index (χ3v) is 7.53. The van der Waals surface area contributed by atoms with Crippen molar-refractivity contribution in [2.45, 2.75) is 31.3 Å². The first-order valence-electron chi connectivity index (χ1n) is 11.4. The number of nitrogens with one attached hydrogen (secondary N) is 1. The normalized spacial score (nSPS) is 16.3. The minimum atomic E-state index is -3.88. The third kappa shape index (κ3) is 7.15. The van der Waals surface area contributed by atoms with E-state index in [4.69, 9.17) is 13.8 Å². The summed E-state index contributed by atoms with van der Waals surface area (Å²) in [5.41, 5.74) is 1.40. The summed E-state index contributed by atoms with van der Waals surface area (Å²) in [5, 5.41) is 2.82. The largest absolute Gasteiger partial charge is 0.445 e. The fraction of sp³-hybridized carbons (Fsp3) is 0.308. The second-order valence-corrected chi connectivity index (χ2v) is 10.0. The molecule has 1 unspecified atom stereocenters. The molecule has 35 heavy (non-hydrogen) atoms. The van der Waals surface area contributed by atoms with Crippen molar-refractivity contribution in [3.05, 3.63) is 97.1 Å². The van der Waals surface area contributed by atoms with E-state index in [-0.39, 0.29) is 19.8 Å². The molecule has 186 valence electrons. The van der Waals surface area contributed by atoms with Gasteiger partial charge in [0.1, 0.15) is 12.6 Å². The smallest absolute Gasteiger partial charge is 0.410 e. The molecule has 1 heterocycles. The highest BCUT2D eigenvalue weighted by Crippen LogP contribution is 2.59. The van der Waals surface area contributed by atoms with Gasteiger partial charge in [-0.1, -0.05) is 72.8 Å². The van der Waals surface area contributed by atoms with Crippen LogP contribution in [0.15, 0.2) is 86.0 Å². The summed E-state index contributed by atoms with van der Waals surface area (Å²) >= 11 is 0. The van der Waals surface area contributed by atoms with Crippen LogP contribution in [0.25, 0.3) is 0 Å². The van der Waals surface area contributed by atoms with E-state index in [2.05, 4.69) is 18.5 Å². The molecule has 2 atom stereocenters. The molecule has 0 bridgehead atoms. The van der Waals surface area contributed by atoms with Crippen LogP contribution < -0.4 is 5.32 Å². The van der Waals surface area contributed by atoms with Crippen molar-refractivity contribution in [2.75, 3.05) is 19.8 Å². The zero-order valence-electron chi connectivity index (χ0n) is 19.6. The van der Waals surface area contributed by atoms with Crippen LogP contribution in [0.2, 0.25) is 0 Å². The Bertz CT molecular complexity index is 1030. The van der Waals surface area contributed by atoms with Gasteiger partial charge in [-0.05, 0) is 24.0 Å². The van der Waals surface area contributed by atoms with E-state index >= 15 is 0 Å². The standard InChI is InChI=1S/C26H31N2O6P/c1-3-18-33-35(31,34-19-4-2)25(22-14-9-6-10-15-22)27-24(29)23-16-11-17-28(23)26(30)32-20-21-12-7-5-8-13-21/h3-10,12-15,23,25H,1-2,11,16-20H2,(H,27,29)/t23-,25?/m0/s1. The van der Waals surface area contributed by atoms with Gasteiger partial charge in [-0.25, -0.2) is 4.79 Å². The van der Waals surface area contributed by atoms with E-state index in [1.54, 1.807) is 24.3 Å². The van der Waals surface area contributed by atoms with Crippen molar-refractivity contribution in [1.29, 1.82) is 0 Å². The second-order valence-electron chi connectivity index (χ2n) is 7.92. The number of benzene rings is 2. The lowest BCUT2D eigenvalue weighted by molar-refractivity contribution is -0.125. The van der Waals surface area contributed by atoms with Crippen molar-refractivity contribution < 1.29 is 27.9 Å². The van der Waals surface area contributed by atoms with Gasteiger partial charge in [0, 0.05) is 6.54 Å². The summed E-state index contributed by atoms with van der Waals surface area (Å²) in [6.45, 7) is 7.63. The number of likely N-dealkylation sites (tertiary alicyclic amines) is 1. The predicted molar refractivity (Wildman–Crippen MR) is 134 cm³/mol. The summed E-state index contributed by atoms with van der Waals surface area (Å²) in [5.74, 6) is -1.54. The summed E-state index contributed by atoms with van der Waals surface area (Å²) in [4.78, 5) is 27.5. The SMILES string of the molecule is C=CCOP(=O)(OCC=C)C(NC(=O)[C@@H]1CCCN1C(=O)OCc1ccccc1)c1ccccc1. The van der Waals surface area contributed by atoms with E-state index in [1.165, 1.54) is 17.1 Å². The van der Waals surface area contributed by atoms with Crippen molar-refractivity contribution in [1.82, 2.24) is 10.2 Å². The van der Waals surface area contributed by atoms with Crippen LogP contribution in [0, 0.1) is 0 Å². The van der Waals surface area contributed by atoms with Gasteiger partial charge in [-0.2, -0.15) is 0 Å². The molecule has 0 saturated carbocycles. The molecule has 1 N–H and O–H groups in total. The van der Waals surface area contributed by atoms with E-state index in [1.807, 2.05) is 36.4 Å². The molecular formula is C26H31N2O6P. The summed E-state index contributed by atoms with van der Waals surface area (Å²) in [6.07, 6.45) is 3.44. The molecule has 1 fully saturated rings. The van der Waals surface area contributed by atoms with Gasteiger partial charge in [0.15, 0.2) is 5.78 Å². The molecule has 0 spiro atoms. The maximum Gasteiger partial charge on any atom is 0.410 e. The van der Waals surface area contributed by atoms with Crippen LogP contribution in [-0.2, 0) is 29.8 Å². The zero-order valence-corrected chi connectivity index (χ0v) is 20.5. The Morgan fingerprint density at radius 3 is 2.23 bits per heavy atom. The molecule has 8 nitrogen and oxygen atoms in total. The topological polar surface area (TPSA) is 94.2 Å². The van der Waals surface area contributed by atoms with Crippen LogP contribution in [0.4, 0.5) is 4.79 Å². The molecule has 2 amide bonds. The highest BCUT2D eigenvalue weighted by molar-refractivity contribution is 7.54. The average molecular weight is 499 g/mol. The minimum absolute atomic E-state index is 0.0327. The van der Waals surface area contributed by atoms with Crippen molar-refractivity contribution in [3.63, 3.8) is 0 Å². The van der Waals surface area contributed by atoms with Crippen molar-refractivity contribution >= 4 is 19.6 Å². The van der Waals surface area contributed by atoms with Gasteiger partial charge < -0.3 is 19.1 Å². The molecule has 1 aliphatic rings. The first kappa shape index (κ1) is 26.4. The van der Waals surface area contributed by atoms with Gasteiger partial charge in [-0.15, -0.1) is 13.2 Å². The first-order chi connectivity index (χ1) is 17.0. The highest BCUT2D eigenvalue weighted by Gasteiger charge is 2.42. The number of hydrogen-bond acceptors (Lipinski definition) is 6. The van der Waals surface area contributed by atoms with Gasteiger partial charge >= 0.3 is 13.7 Å². The monoisotopic (exact) mass is 498 g/mol. The van der Waals surface area contributed by atoms with Gasteiger partial charge in [0.05, 0.1) is 13.2 Å². The average Bonchev–Trinajstić information content (AvgIpc) is 3.39. The lowest BCUT2D eigenvalue weighted by atomic mass is 10.2.